The molecular formula is C27H28ClN5O3. The minimum atomic E-state index is -0.930. The highest BCUT2D eigenvalue weighted by Crippen LogP contribution is 2.30. The van der Waals surface area contributed by atoms with Crippen molar-refractivity contribution in [1.29, 1.82) is 0 Å². The number of amides is 1. The number of anilines is 1. The summed E-state index contributed by atoms with van der Waals surface area (Å²) in [5.41, 5.74) is 3.47. The van der Waals surface area contributed by atoms with Crippen LogP contribution in [0.5, 0.6) is 11.6 Å². The minimum absolute atomic E-state index is 0.0467. The molecule has 8 nitrogen and oxygen atoms in total. The van der Waals surface area contributed by atoms with Gasteiger partial charge in [0, 0.05) is 34.8 Å². The maximum atomic E-state index is 12.6. The van der Waals surface area contributed by atoms with Crippen molar-refractivity contribution >= 4 is 28.8 Å². The van der Waals surface area contributed by atoms with Gasteiger partial charge in [0.1, 0.15) is 5.75 Å². The van der Waals surface area contributed by atoms with Gasteiger partial charge in [-0.05, 0) is 75.6 Å². The van der Waals surface area contributed by atoms with Crippen LogP contribution >= 0.6 is 11.6 Å². The van der Waals surface area contributed by atoms with E-state index in [1.807, 2.05) is 25.1 Å². The molecule has 1 amide bonds. The van der Waals surface area contributed by atoms with E-state index in [1.165, 1.54) is 0 Å². The topological polar surface area (TPSA) is 101 Å². The number of aryl methyl sites for hydroxylation is 1. The monoisotopic (exact) mass is 505 g/mol. The molecule has 1 saturated carbocycles. The number of hydrogen-bond acceptors (Lipinski definition) is 6. The maximum absolute atomic E-state index is 12.6. The van der Waals surface area contributed by atoms with Crippen molar-refractivity contribution in [3.63, 3.8) is 0 Å². The first kappa shape index (κ1) is 24.1. The van der Waals surface area contributed by atoms with Gasteiger partial charge in [-0.2, -0.15) is 0 Å². The van der Waals surface area contributed by atoms with Crippen LogP contribution in [0.3, 0.4) is 0 Å². The summed E-state index contributed by atoms with van der Waals surface area (Å²) in [7, 11) is 0. The third-order valence-corrected chi connectivity index (χ3v) is 6.12. The van der Waals surface area contributed by atoms with E-state index in [2.05, 4.69) is 20.7 Å². The fourth-order valence-electron chi connectivity index (χ4n) is 3.83. The van der Waals surface area contributed by atoms with Gasteiger partial charge in [-0.15, -0.1) is 5.10 Å². The van der Waals surface area contributed by atoms with E-state index in [0.29, 0.717) is 46.1 Å². The normalized spacial score (nSPS) is 13.6. The van der Waals surface area contributed by atoms with Crippen molar-refractivity contribution in [3.8, 4) is 22.9 Å². The lowest BCUT2D eigenvalue weighted by Crippen LogP contribution is -2.29. The molecular weight excluding hydrogens is 478 g/mol. The summed E-state index contributed by atoms with van der Waals surface area (Å²) in [6, 6.07) is 14.8. The second-order valence-corrected chi connectivity index (χ2v) is 10.2. The number of halogens is 1. The number of fused-ring (bicyclic) bond motifs is 1. The summed E-state index contributed by atoms with van der Waals surface area (Å²) in [6.45, 7) is 5.68. The molecule has 0 unspecified atom stereocenters. The van der Waals surface area contributed by atoms with E-state index < -0.39 is 5.60 Å². The minimum Gasteiger partial charge on any atom is -0.438 e. The number of aromatic nitrogens is 3. The fraction of sp³-hybridized carbons (Fsp3) is 0.296. The third-order valence-electron chi connectivity index (χ3n) is 5.87. The predicted molar refractivity (Wildman–Crippen MR) is 140 cm³/mol. The standard InChI is InChI=1S/C27H28ClN5O3/c1-16-12-17(4-11-21(16)26(34)31-19-7-8-19)23-14-29-25-22(30-15-27(2,3)35)13-24(32-33(23)25)36-20-9-5-18(28)6-10-20/h4-6,9-14,19,30,35H,7-8,15H2,1-3H3,(H,31,34). The van der Waals surface area contributed by atoms with Gasteiger partial charge in [0.05, 0.1) is 23.2 Å². The predicted octanol–water partition coefficient (Wildman–Crippen LogP) is 5.23. The van der Waals surface area contributed by atoms with Crippen LogP contribution in [-0.2, 0) is 0 Å². The Morgan fingerprint density at radius 1 is 1.19 bits per heavy atom. The van der Waals surface area contributed by atoms with E-state index in [4.69, 9.17) is 16.3 Å². The van der Waals surface area contributed by atoms with Crippen LogP contribution in [0.2, 0.25) is 5.02 Å². The quantitative estimate of drug-likeness (QED) is 0.303. The van der Waals surface area contributed by atoms with Crippen molar-refractivity contribution in [3.05, 3.63) is 70.9 Å². The molecule has 9 heteroatoms. The van der Waals surface area contributed by atoms with Crippen molar-refractivity contribution in [2.24, 2.45) is 0 Å². The molecule has 0 spiro atoms. The molecule has 0 bridgehead atoms. The van der Waals surface area contributed by atoms with Gasteiger partial charge >= 0.3 is 0 Å². The number of benzene rings is 2. The molecule has 2 aromatic heterocycles. The van der Waals surface area contributed by atoms with E-state index in [-0.39, 0.29) is 5.91 Å². The highest BCUT2D eigenvalue weighted by molar-refractivity contribution is 6.30. The van der Waals surface area contributed by atoms with Gasteiger partial charge in [-0.25, -0.2) is 9.50 Å². The number of carbonyl (C=O) groups excluding carboxylic acids is 1. The molecule has 36 heavy (non-hydrogen) atoms. The molecule has 1 aliphatic carbocycles. The zero-order chi connectivity index (χ0) is 25.4. The second kappa shape index (κ2) is 9.44. The van der Waals surface area contributed by atoms with Crippen LogP contribution in [0, 0.1) is 6.92 Å². The largest absolute Gasteiger partial charge is 0.438 e. The smallest absolute Gasteiger partial charge is 0.251 e. The van der Waals surface area contributed by atoms with Gasteiger partial charge in [0.25, 0.3) is 5.91 Å². The average Bonchev–Trinajstić information content (AvgIpc) is 3.53. The van der Waals surface area contributed by atoms with E-state index in [0.717, 1.165) is 29.7 Å². The molecule has 186 valence electrons. The molecule has 5 rings (SSSR count). The van der Waals surface area contributed by atoms with Gasteiger partial charge in [0.15, 0.2) is 5.65 Å². The summed E-state index contributed by atoms with van der Waals surface area (Å²) in [6.07, 6.45) is 3.82. The Bertz CT molecular complexity index is 1420. The van der Waals surface area contributed by atoms with Crippen LogP contribution in [-0.4, -0.2) is 43.8 Å². The number of imidazole rings is 1. The van der Waals surface area contributed by atoms with Crippen LogP contribution in [0.15, 0.2) is 54.7 Å². The van der Waals surface area contributed by atoms with Crippen LogP contribution in [0.4, 0.5) is 5.69 Å². The zero-order valence-electron chi connectivity index (χ0n) is 20.4. The SMILES string of the molecule is Cc1cc(-c2cnc3c(NCC(C)(C)O)cc(Oc4ccc(Cl)cc4)nn23)ccc1C(=O)NC1CC1. The molecule has 0 aliphatic heterocycles. The molecule has 4 aromatic rings. The summed E-state index contributed by atoms with van der Waals surface area (Å²) < 4.78 is 7.72. The molecule has 3 N–H and O–H groups in total. The number of aliphatic hydroxyl groups is 1. The molecule has 1 aliphatic rings. The van der Waals surface area contributed by atoms with Crippen molar-refractivity contribution < 1.29 is 14.6 Å². The summed E-state index contributed by atoms with van der Waals surface area (Å²) in [5, 5.41) is 21.8. The molecule has 1 fully saturated rings. The highest BCUT2D eigenvalue weighted by Gasteiger charge is 2.25. The van der Waals surface area contributed by atoms with Crippen LogP contribution in [0.1, 0.15) is 42.6 Å². The zero-order valence-corrected chi connectivity index (χ0v) is 21.1. The van der Waals surface area contributed by atoms with Gasteiger partial charge < -0.3 is 20.5 Å². The molecule has 0 atom stereocenters. The number of hydrogen-bond donors (Lipinski definition) is 3. The van der Waals surface area contributed by atoms with Crippen molar-refractivity contribution in [2.45, 2.75) is 45.3 Å². The van der Waals surface area contributed by atoms with E-state index in [1.54, 1.807) is 54.9 Å². The Morgan fingerprint density at radius 3 is 2.61 bits per heavy atom. The van der Waals surface area contributed by atoms with Gasteiger partial charge in [-0.1, -0.05) is 17.7 Å². The number of ether oxygens (including phenoxy) is 1. The van der Waals surface area contributed by atoms with Crippen molar-refractivity contribution in [2.75, 3.05) is 11.9 Å². The summed E-state index contributed by atoms with van der Waals surface area (Å²) in [4.78, 5) is 17.2. The maximum Gasteiger partial charge on any atom is 0.251 e. The van der Waals surface area contributed by atoms with Crippen molar-refractivity contribution in [1.82, 2.24) is 19.9 Å². The first-order chi connectivity index (χ1) is 17.2. The highest BCUT2D eigenvalue weighted by atomic mass is 35.5. The molecule has 0 saturated heterocycles. The van der Waals surface area contributed by atoms with E-state index >= 15 is 0 Å². The van der Waals surface area contributed by atoms with Gasteiger partial charge in [0.2, 0.25) is 5.88 Å². The average molecular weight is 506 g/mol. The summed E-state index contributed by atoms with van der Waals surface area (Å²) in [5.74, 6) is 0.886. The molecule has 0 radical (unpaired) electrons. The number of nitrogens with zero attached hydrogens (tertiary/aromatic N) is 3. The first-order valence-corrected chi connectivity index (χ1v) is 12.2. The fourth-order valence-corrected chi connectivity index (χ4v) is 3.95. The lowest BCUT2D eigenvalue weighted by atomic mass is 10.0. The van der Waals surface area contributed by atoms with E-state index in [9.17, 15) is 9.90 Å². The lowest BCUT2D eigenvalue weighted by Gasteiger charge is -2.19. The first-order valence-electron chi connectivity index (χ1n) is 11.9. The number of carbonyl (C=O) groups is 1. The van der Waals surface area contributed by atoms with Gasteiger partial charge in [-0.3, -0.25) is 4.79 Å². The second-order valence-electron chi connectivity index (χ2n) is 9.77. The lowest BCUT2D eigenvalue weighted by molar-refractivity contribution is 0.0940. The summed E-state index contributed by atoms with van der Waals surface area (Å²) >= 11 is 6.00. The Labute approximate surface area is 214 Å². The molecule has 2 heterocycles. The Hall–Kier alpha value is -3.62. The van der Waals surface area contributed by atoms with Crippen LogP contribution < -0.4 is 15.4 Å². The Balaban J connectivity index is 1.53. The number of nitrogens with one attached hydrogen (secondary N) is 2. The Kier molecular flexibility index (Phi) is 6.32. The van der Waals surface area contributed by atoms with Crippen LogP contribution in [0.25, 0.3) is 16.9 Å². The number of rotatable bonds is 8. The third kappa shape index (κ3) is 5.45. The molecule has 2 aromatic carbocycles. The Morgan fingerprint density at radius 2 is 1.94 bits per heavy atom.